The largest absolute Gasteiger partial charge is 0.493 e. The number of carbonyl (C=O) groups excluding carboxylic acids is 1. The molecule has 36 heavy (non-hydrogen) atoms. The summed E-state index contributed by atoms with van der Waals surface area (Å²) < 4.78 is 17.4. The molecule has 0 saturated heterocycles. The number of nitrogens with zero attached hydrogens (tertiary/aromatic N) is 3. The van der Waals surface area contributed by atoms with Crippen molar-refractivity contribution in [2.24, 2.45) is 0 Å². The summed E-state index contributed by atoms with van der Waals surface area (Å²) >= 11 is 0. The van der Waals surface area contributed by atoms with Gasteiger partial charge in [-0.1, -0.05) is 24.3 Å². The quantitative estimate of drug-likeness (QED) is 0.362. The molecule has 4 aromatic rings. The van der Waals surface area contributed by atoms with E-state index in [1.165, 1.54) is 32.1 Å². The highest BCUT2D eigenvalue weighted by atomic mass is 16.5. The summed E-state index contributed by atoms with van der Waals surface area (Å²) in [6.45, 7) is 0.422. The Kier molecular flexibility index (Phi) is 7.60. The number of nitrogens with one attached hydrogen (secondary N) is 1. The molecule has 1 amide bonds. The highest BCUT2D eigenvalue weighted by Crippen LogP contribution is 2.38. The Morgan fingerprint density at radius 2 is 1.72 bits per heavy atom. The first kappa shape index (κ1) is 24.5. The maximum absolute atomic E-state index is 13.0. The predicted molar refractivity (Wildman–Crippen MR) is 136 cm³/mol. The van der Waals surface area contributed by atoms with E-state index in [-0.39, 0.29) is 24.6 Å². The van der Waals surface area contributed by atoms with Crippen molar-refractivity contribution in [3.05, 3.63) is 94.2 Å². The molecule has 0 saturated carbocycles. The second-order valence-electron chi connectivity index (χ2n) is 7.83. The zero-order chi connectivity index (χ0) is 25.5. The van der Waals surface area contributed by atoms with E-state index in [0.717, 1.165) is 5.56 Å². The molecule has 184 valence electrons. The number of amides is 1. The first-order valence-corrected chi connectivity index (χ1v) is 11.2. The minimum Gasteiger partial charge on any atom is -0.493 e. The number of methoxy groups -OCH3 is 3. The minimum absolute atomic E-state index is 0.145. The van der Waals surface area contributed by atoms with Gasteiger partial charge in [-0.15, -0.1) is 0 Å². The number of rotatable bonds is 9. The molecule has 0 atom stereocenters. The molecule has 2 aromatic carbocycles. The Morgan fingerprint density at radius 3 is 2.36 bits per heavy atom. The van der Waals surface area contributed by atoms with Crippen LogP contribution in [0.3, 0.4) is 0 Å². The van der Waals surface area contributed by atoms with Crippen LogP contribution in [-0.2, 0) is 17.9 Å². The van der Waals surface area contributed by atoms with E-state index in [1.54, 1.807) is 42.7 Å². The fourth-order valence-corrected chi connectivity index (χ4v) is 3.81. The smallest absolute Gasteiger partial charge is 0.274 e. The Balaban J connectivity index is 1.55. The lowest BCUT2D eigenvalue weighted by Crippen LogP contribution is -2.28. The van der Waals surface area contributed by atoms with Crippen LogP contribution < -0.4 is 25.1 Å². The van der Waals surface area contributed by atoms with E-state index < -0.39 is 0 Å². The maximum atomic E-state index is 13.0. The summed E-state index contributed by atoms with van der Waals surface area (Å²) in [6.07, 6.45) is 6.43. The number of carbonyl (C=O) groups is 1. The molecule has 9 heteroatoms. The van der Waals surface area contributed by atoms with Crippen LogP contribution in [0.1, 0.15) is 16.8 Å². The third-order valence-corrected chi connectivity index (χ3v) is 5.54. The first-order chi connectivity index (χ1) is 17.5. The summed E-state index contributed by atoms with van der Waals surface area (Å²) in [5, 5.41) is 8.62. The van der Waals surface area contributed by atoms with E-state index in [1.807, 2.05) is 24.3 Å². The Bertz CT molecular complexity index is 1440. The third-order valence-electron chi connectivity index (χ3n) is 5.54. The number of pyridine rings is 1. The van der Waals surface area contributed by atoms with Gasteiger partial charge in [-0.2, -0.15) is 5.10 Å². The lowest BCUT2D eigenvalue weighted by Gasteiger charge is -2.13. The van der Waals surface area contributed by atoms with Gasteiger partial charge in [-0.05, 0) is 41.5 Å². The Morgan fingerprint density at radius 1 is 1.00 bits per heavy atom. The van der Waals surface area contributed by atoms with Gasteiger partial charge in [-0.3, -0.25) is 14.6 Å². The van der Waals surface area contributed by atoms with Gasteiger partial charge in [0.2, 0.25) is 11.7 Å². The molecular formula is C27H26N4O5. The van der Waals surface area contributed by atoms with E-state index in [0.29, 0.717) is 39.3 Å². The van der Waals surface area contributed by atoms with Crippen LogP contribution >= 0.6 is 0 Å². The molecule has 4 rings (SSSR count). The van der Waals surface area contributed by atoms with E-state index in [4.69, 9.17) is 14.2 Å². The van der Waals surface area contributed by atoms with Crippen LogP contribution in [0.4, 0.5) is 0 Å². The van der Waals surface area contributed by atoms with Gasteiger partial charge in [0.05, 0.1) is 45.5 Å². The van der Waals surface area contributed by atoms with Crippen molar-refractivity contribution in [2.45, 2.75) is 13.1 Å². The predicted octanol–water partition coefficient (Wildman–Crippen LogP) is 3.20. The summed E-state index contributed by atoms with van der Waals surface area (Å²) in [5.41, 5.74) is 1.94. The zero-order valence-electron chi connectivity index (χ0n) is 20.2. The fourth-order valence-electron chi connectivity index (χ4n) is 3.81. The van der Waals surface area contributed by atoms with Gasteiger partial charge in [0, 0.05) is 23.9 Å². The normalized spacial score (nSPS) is 11.0. The molecule has 0 aliphatic heterocycles. The Labute approximate surface area is 208 Å². The van der Waals surface area contributed by atoms with Gasteiger partial charge < -0.3 is 19.5 Å². The van der Waals surface area contributed by atoms with E-state index in [2.05, 4.69) is 15.4 Å². The second kappa shape index (κ2) is 11.2. The molecule has 0 unspecified atom stereocenters. The molecule has 2 heterocycles. The summed E-state index contributed by atoms with van der Waals surface area (Å²) in [4.78, 5) is 29.7. The van der Waals surface area contributed by atoms with Gasteiger partial charge in [-0.25, -0.2) is 4.68 Å². The number of benzene rings is 2. The number of hydrogen-bond acceptors (Lipinski definition) is 7. The number of fused-ring (bicyclic) bond motifs is 1. The summed E-state index contributed by atoms with van der Waals surface area (Å²) in [7, 11) is 4.59. The first-order valence-electron chi connectivity index (χ1n) is 11.2. The van der Waals surface area contributed by atoms with E-state index in [9.17, 15) is 9.59 Å². The summed E-state index contributed by atoms with van der Waals surface area (Å²) in [5.74, 6) is 1.13. The molecule has 0 aliphatic carbocycles. The van der Waals surface area contributed by atoms with Crippen molar-refractivity contribution < 1.29 is 19.0 Å². The van der Waals surface area contributed by atoms with Crippen LogP contribution in [0.5, 0.6) is 17.2 Å². The van der Waals surface area contributed by atoms with Crippen LogP contribution in [0, 0.1) is 0 Å². The number of hydrogen-bond donors (Lipinski definition) is 1. The van der Waals surface area contributed by atoms with Crippen molar-refractivity contribution in [2.75, 3.05) is 21.3 Å². The van der Waals surface area contributed by atoms with Crippen LogP contribution in [-0.4, -0.2) is 42.0 Å². The number of aromatic nitrogens is 3. The molecule has 9 nitrogen and oxygen atoms in total. The van der Waals surface area contributed by atoms with Crippen molar-refractivity contribution in [1.29, 1.82) is 0 Å². The molecule has 2 aromatic heterocycles. The average molecular weight is 487 g/mol. The van der Waals surface area contributed by atoms with Crippen molar-refractivity contribution in [1.82, 2.24) is 20.1 Å². The third kappa shape index (κ3) is 5.35. The molecule has 0 fully saturated rings. The number of ether oxygens (including phenoxy) is 3. The molecule has 0 bridgehead atoms. The molecule has 0 spiro atoms. The maximum Gasteiger partial charge on any atom is 0.274 e. The Hall–Kier alpha value is -4.66. The van der Waals surface area contributed by atoms with E-state index >= 15 is 0 Å². The highest BCUT2D eigenvalue weighted by molar-refractivity contribution is 5.92. The average Bonchev–Trinajstić information content (AvgIpc) is 2.92. The zero-order valence-corrected chi connectivity index (χ0v) is 20.2. The van der Waals surface area contributed by atoms with Gasteiger partial charge >= 0.3 is 0 Å². The van der Waals surface area contributed by atoms with Crippen LogP contribution in [0.15, 0.2) is 71.8 Å². The SMILES string of the molecule is COc1cc(/C=C/C(=O)NCc2nn(Cc3cccnc3)c(=O)c3ccccc23)cc(OC)c1OC. The second-order valence-corrected chi connectivity index (χ2v) is 7.83. The standard InChI is InChI=1S/C27H26N4O5/c1-34-23-13-18(14-24(35-2)26(23)36-3)10-11-25(32)29-16-22-20-8-4-5-9-21(20)27(33)31(30-22)17-19-7-6-12-28-15-19/h4-15H,16-17H2,1-3H3,(H,29,32)/b11-10+. The van der Waals surface area contributed by atoms with Gasteiger partial charge in [0.1, 0.15) is 0 Å². The van der Waals surface area contributed by atoms with Crippen molar-refractivity contribution in [3.8, 4) is 17.2 Å². The topological polar surface area (TPSA) is 105 Å². The fraction of sp³-hybridized carbons (Fsp3) is 0.185. The molecule has 0 aliphatic rings. The van der Waals surface area contributed by atoms with Crippen LogP contribution in [0.25, 0.3) is 16.8 Å². The minimum atomic E-state index is -0.320. The van der Waals surface area contributed by atoms with Crippen LogP contribution in [0.2, 0.25) is 0 Å². The van der Waals surface area contributed by atoms with Crippen molar-refractivity contribution >= 4 is 22.8 Å². The highest BCUT2D eigenvalue weighted by Gasteiger charge is 2.13. The van der Waals surface area contributed by atoms with Crippen molar-refractivity contribution in [3.63, 3.8) is 0 Å². The van der Waals surface area contributed by atoms with Gasteiger partial charge in [0.15, 0.2) is 11.5 Å². The lowest BCUT2D eigenvalue weighted by atomic mass is 10.1. The lowest BCUT2D eigenvalue weighted by molar-refractivity contribution is -0.116. The van der Waals surface area contributed by atoms with Gasteiger partial charge in [0.25, 0.3) is 5.56 Å². The molecular weight excluding hydrogens is 460 g/mol. The molecule has 0 radical (unpaired) electrons. The summed E-state index contributed by atoms with van der Waals surface area (Å²) in [6, 6.07) is 14.4. The monoisotopic (exact) mass is 486 g/mol. The molecule has 1 N–H and O–H groups in total.